The van der Waals surface area contributed by atoms with E-state index < -0.39 is 0 Å². The van der Waals surface area contributed by atoms with Gasteiger partial charge in [-0.05, 0) is 38.6 Å². The number of hydrogen-bond acceptors (Lipinski definition) is 3. The molecule has 0 aromatic rings. The minimum Gasteiger partial charge on any atom is -0.342 e. The summed E-state index contributed by atoms with van der Waals surface area (Å²) in [5.41, 5.74) is 5.70. The lowest BCUT2D eigenvalue weighted by Crippen LogP contribution is -2.52. The van der Waals surface area contributed by atoms with E-state index in [2.05, 4.69) is 11.8 Å². The van der Waals surface area contributed by atoms with Crippen molar-refractivity contribution in [3.8, 4) is 0 Å². The molecule has 4 heteroatoms. The van der Waals surface area contributed by atoms with Gasteiger partial charge in [-0.15, -0.1) is 0 Å². The van der Waals surface area contributed by atoms with Crippen LogP contribution in [0, 0.1) is 5.41 Å². The van der Waals surface area contributed by atoms with Crippen molar-refractivity contribution in [3.05, 3.63) is 0 Å². The molecule has 1 amide bonds. The third-order valence-electron chi connectivity index (χ3n) is 5.37. The SMILES string of the molecule is CCCN1CCC(N(C)C(=O)C2(CN)CCCC2)CC1. The first kappa shape index (κ1) is 15.8. The molecule has 1 saturated carbocycles. The minimum absolute atomic E-state index is 0.241. The molecule has 1 heterocycles. The number of amides is 1. The van der Waals surface area contributed by atoms with Crippen LogP contribution in [-0.2, 0) is 4.79 Å². The fourth-order valence-corrected chi connectivity index (χ4v) is 3.94. The summed E-state index contributed by atoms with van der Waals surface area (Å²) < 4.78 is 0. The van der Waals surface area contributed by atoms with Gasteiger partial charge < -0.3 is 15.5 Å². The molecule has 0 aromatic carbocycles. The Morgan fingerprint density at radius 2 is 1.90 bits per heavy atom. The molecule has 2 N–H and O–H groups in total. The largest absolute Gasteiger partial charge is 0.342 e. The molecule has 1 saturated heterocycles. The highest BCUT2D eigenvalue weighted by atomic mass is 16.2. The van der Waals surface area contributed by atoms with Crippen molar-refractivity contribution in [2.24, 2.45) is 11.1 Å². The molecule has 0 spiro atoms. The zero-order valence-corrected chi connectivity index (χ0v) is 13.2. The lowest BCUT2D eigenvalue weighted by Gasteiger charge is -2.40. The van der Waals surface area contributed by atoms with Crippen LogP contribution in [0.4, 0.5) is 0 Å². The van der Waals surface area contributed by atoms with Gasteiger partial charge in [-0.1, -0.05) is 19.8 Å². The van der Waals surface area contributed by atoms with E-state index in [1.165, 1.54) is 13.0 Å². The predicted octanol–water partition coefficient (Wildman–Crippen LogP) is 1.84. The number of carbonyl (C=O) groups excluding carboxylic acids is 1. The van der Waals surface area contributed by atoms with Gasteiger partial charge in [-0.2, -0.15) is 0 Å². The molecular formula is C16H31N3O. The molecule has 1 aliphatic heterocycles. The van der Waals surface area contributed by atoms with Gasteiger partial charge in [0.25, 0.3) is 0 Å². The summed E-state index contributed by atoms with van der Waals surface area (Å²) in [7, 11) is 2.00. The van der Waals surface area contributed by atoms with E-state index in [0.717, 1.165) is 51.6 Å². The Morgan fingerprint density at radius 1 is 1.30 bits per heavy atom. The van der Waals surface area contributed by atoms with E-state index in [-0.39, 0.29) is 5.41 Å². The third-order valence-corrected chi connectivity index (χ3v) is 5.37. The van der Waals surface area contributed by atoms with Crippen LogP contribution in [0.2, 0.25) is 0 Å². The number of nitrogens with zero attached hydrogens (tertiary/aromatic N) is 2. The maximum atomic E-state index is 12.8. The first-order valence-corrected chi connectivity index (χ1v) is 8.32. The summed E-state index contributed by atoms with van der Waals surface area (Å²) in [5.74, 6) is 0.312. The highest BCUT2D eigenvalue weighted by molar-refractivity contribution is 5.83. The van der Waals surface area contributed by atoms with Gasteiger partial charge in [0.2, 0.25) is 5.91 Å². The molecule has 2 fully saturated rings. The number of nitrogens with two attached hydrogens (primary N) is 1. The van der Waals surface area contributed by atoms with E-state index in [0.29, 0.717) is 18.5 Å². The molecule has 2 aliphatic rings. The standard InChI is InChI=1S/C16H31N3O/c1-3-10-19-11-6-14(7-12-19)18(2)15(20)16(13-17)8-4-5-9-16/h14H,3-13,17H2,1-2H3. The lowest BCUT2D eigenvalue weighted by atomic mass is 9.84. The average Bonchev–Trinajstić information content (AvgIpc) is 2.97. The van der Waals surface area contributed by atoms with Crippen LogP contribution in [0.1, 0.15) is 51.9 Å². The third kappa shape index (κ3) is 3.17. The van der Waals surface area contributed by atoms with Crippen molar-refractivity contribution in [2.45, 2.75) is 57.9 Å². The molecule has 0 aromatic heterocycles. The second kappa shape index (κ2) is 6.90. The second-order valence-corrected chi connectivity index (χ2v) is 6.68. The van der Waals surface area contributed by atoms with E-state index >= 15 is 0 Å². The Hall–Kier alpha value is -0.610. The van der Waals surface area contributed by atoms with Crippen LogP contribution < -0.4 is 5.73 Å². The molecule has 116 valence electrons. The van der Waals surface area contributed by atoms with Crippen molar-refractivity contribution in [1.29, 1.82) is 0 Å². The number of likely N-dealkylation sites (tertiary alicyclic amines) is 1. The van der Waals surface area contributed by atoms with Gasteiger partial charge >= 0.3 is 0 Å². The Labute approximate surface area is 123 Å². The Balaban J connectivity index is 1.91. The van der Waals surface area contributed by atoms with Crippen molar-refractivity contribution < 1.29 is 4.79 Å². The smallest absolute Gasteiger partial charge is 0.230 e. The summed E-state index contributed by atoms with van der Waals surface area (Å²) in [4.78, 5) is 17.4. The van der Waals surface area contributed by atoms with Crippen molar-refractivity contribution in [1.82, 2.24) is 9.80 Å². The van der Waals surface area contributed by atoms with Gasteiger partial charge in [-0.3, -0.25) is 4.79 Å². The van der Waals surface area contributed by atoms with E-state index in [1.54, 1.807) is 0 Å². The van der Waals surface area contributed by atoms with Gasteiger partial charge in [0.15, 0.2) is 0 Å². The number of piperidine rings is 1. The van der Waals surface area contributed by atoms with E-state index in [1.807, 2.05) is 11.9 Å². The number of rotatable bonds is 5. The molecule has 0 atom stereocenters. The Morgan fingerprint density at radius 3 is 2.40 bits per heavy atom. The molecule has 0 radical (unpaired) electrons. The average molecular weight is 281 g/mol. The minimum atomic E-state index is -0.241. The monoisotopic (exact) mass is 281 g/mol. The van der Waals surface area contributed by atoms with Crippen molar-refractivity contribution in [3.63, 3.8) is 0 Å². The lowest BCUT2D eigenvalue weighted by molar-refractivity contribution is -0.143. The predicted molar refractivity (Wildman–Crippen MR) is 82.5 cm³/mol. The highest BCUT2D eigenvalue weighted by Crippen LogP contribution is 2.39. The Kier molecular flexibility index (Phi) is 5.44. The van der Waals surface area contributed by atoms with Crippen LogP contribution in [-0.4, -0.2) is 55.0 Å². The summed E-state index contributed by atoms with van der Waals surface area (Å²) in [6, 6.07) is 0.416. The fraction of sp³-hybridized carbons (Fsp3) is 0.938. The van der Waals surface area contributed by atoms with Gasteiger partial charge in [-0.25, -0.2) is 0 Å². The summed E-state index contributed by atoms with van der Waals surface area (Å²) in [6.07, 6.45) is 7.74. The summed E-state index contributed by atoms with van der Waals surface area (Å²) in [5, 5.41) is 0. The second-order valence-electron chi connectivity index (χ2n) is 6.68. The van der Waals surface area contributed by atoms with Crippen molar-refractivity contribution in [2.75, 3.05) is 33.2 Å². The molecule has 2 rings (SSSR count). The van der Waals surface area contributed by atoms with Crippen LogP contribution >= 0.6 is 0 Å². The molecule has 0 unspecified atom stereocenters. The number of hydrogen-bond donors (Lipinski definition) is 1. The summed E-state index contributed by atoms with van der Waals surface area (Å²) >= 11 is 0. The fourth-order valence-electron chi connectivity index (χ4n) is 3.94. The molecule has 0 bridgehead atoms. The highest BCUT2D eigenvalue weighted by Gasteiger charge is 2.43. The van der Waals surface area contributed by atoms with Crippen LogP contribution in [0.15, 0.2) is 0 Å². The van der Waals surface area contributed by atoms with Gasteiger partial charge in [0, 0.05) is 32.7 Å². The first-order chi connectivity index (χ1) is 9.63. The van der Waals surface area contributed by atoms with Crippen LogP contribution in [0.25, 0.3) is 0 Å². The van der Waals surface area contributed by atoms with E-state index in [4.69, 9.17) is 5.73 Å². The normalized spacial score (nSPS) is 23.9. The number of carbonyl (C=O) groups is 1. The van der Waals surface area contributed by atoms with Gasteiger partial charge in [0.05, 0.1) is 5.41 Å². The Bertz CT molecular complexity index is 318. The van der Waals surface area contributed by atoms with E-state index in [9.17, 15) is 4.79 Å². The van der Waals surface area contributed by atoms with Gasteiger partial charge in [0.1, 0.15) is 0 Å². The quantitative estimate of drug-likeness (QED) is 0.836. The van der Waals surface area contributed by atoms with Crippen molar-refractivity contribution >= 4 is 5.91 Å². The first-order valence-electron chi connectivity index (χ1n) is 8.32. The molecule has 1 aliphatic carbocycles. The molecule has 4 nitrogen and oxygen atoms in total. The maximum absolute atomic E-state index is 12.8. The summed E-state index contributed by atoms with van der Waals surface area (Å²) in [6.45, 7) is 6.20. The zero-order valence-electron chi connectivity index (χ0n) is 13.2. The molecule has 20 heavy (non-hydrogen) atoms. The van der Waals surface area contributed by atoms with Crippen LogP contribution in [0.3, 0.4) is 0 Å². The topological polar surface area (TPSA) is 49.6 Å². The molecular weight excluding hydrogens is 250 g/mol. The maximum Gasteiger partial charge on any atom is 0.230 e. The van der Waals surface area contributed by atoms with Crippen LogP contribution in [0.5, 0.6) is 0 Å². The zero-order chi connectivity index (χ0) is 14.6.